The van der Waals surface area contributed by atoms with Crippen LogP contribution in [0.4, 0.5) is 0 Å². The standard InChI is InChI=1S/C32H21BO2S2/c1-18-8-10-21-25-14-27-23(16-31(25)36(34)29(21)12-18)24-17-32-26(22-11-9-19(2)13-30(22)37(32)35)15-28(24)33(27)20-6-4-3-5-7-20/h3-17H,1-2H3. The Kier molecular flexibility index (Phi) is 4.37. The van der Waals surface area contributed by atoms with Crippen molar-refractivity contribution < 1.29 is 8.42 Å². The number of hydrogen-bond donors (Lipinski definition) is 0. The summed E-state index contributed by atoms with van der Waals surface area (Å²) >= 11 is 0. The molecule has 0 spiro atoms. The van der Waals surface area contributed by atoms with Gasteiger partial charge in [0.2, 0.25) is 6.71 Å². The van der Waals surface area contributed by atoms with Crippen LogP contribution < -0.4 is 16.4 Å². The molecule has 0 bridgehead atoms. The first-order valence-corrected chi connectivity index (χ1v) is 14.8. The second-order valence-corrected chi connectivity index (χ2v) is 13.1. The molecule has 0 saturated carbocycles. The van der Waals surface area contributed by atoms with Crippen LogP contribution >= 0.6 is 0 Å². The van der Waals surface area contributed by atoms with Gasteiger partial charge in [-0.05, 0) is 82.6 Å². The zero-order chi connectivity index (χ0) is 25.0. The predicted molar refractivity (Wildman–Crippen MR) is 153 cm³/mol. The fourth-order valence-electron chi connectivity index (χ4n) is 6.29. The molecular formula is C32H21BO2S2. The smallest absolute Gasteiger partial charge is 0.242 e. The zero-order valence-corrected chi connectivity index (χ0v) is 22.0. The molecule has 2 unspecified atom stereocenters. The van der Waals surface area contributed by atoms with Gasteiger partial charge in [0.1, 0.15) is 0 Å². The Balaban J connectivity index is 1.41. The Bertz CT molecular complexity index is 1770. The Morgan fingerprint density at radius 2 is 0.946 bits per heavy atom. The summed E-state index contributed by atoms with van der Waals surface area (Å²) in [6.07, 6.45) is 0. The van der Waals surface area contributed by atoms with Crippen LogP contribution in [0.5, 0.6) is 0 Å². The molecule has 5 heteroatoms. The number of hydrogen-bond acceptors (Lipinski definition) is 2. The Labute approximate surface area is 221 Å². The Morgan fingerprint density at radius 3 is 1.43 bits per heavy atom. The van der Waals surface area contributed by atoms with Crippen molar-refractivity contribution >= 4 is 44.7 Å². The van der Waals surface area contributed by atoms with Crippen LogP contribution in [0, 0.1) is 13.8 Å². The fourth-order valence-corrected chi connectivity index (χ4v) is 9.29. The summed E-state index contributed by atoms with van der Waals surface area (Å²) in [6, 6.07) is 31.9. The molecule has 0 aliphatic carbocycles. The lowest BCUT2D eigenvalue weighted by Crippen LogP contribution is -2.48. The molecule has 5 aromatic rings. The highest BCUT2D eigenvalue weighted by atomic mass is 32.2. The van der Waals surface area contributed by atoms with Crippen molar-refractivity contribution in [1.29, 1.82) is 0 Å². The molecule has 176 valence electrons. The third kappa shape index (κ3) is 2.87. The SMILES string of the molecule is Cc1ccc2c(c1)S(=O)c1cc3c(cc1-2)B(c1ccccc1)c1cc2c(cc1-3)S(=O)c1cc(C)ccc1-2. The Hall–Kier alpha value is -3.54. The van der Waals surface area contributed by atoms with Gasteiger partial charge in [0.05, 0.1) is 41.2 Å². The largest absolute Gasteiger partial charge is 0.249 e. The highest BCUT2D eigenvalue weighted by Crippen LogP contribution is 2.46. The van der Waals surface area contributed by atoms with E-state index in [9.17, 15) is 8.42 Å². The molecular weight excluding hydrogens is 491 g/mol. The van der Waals surface area contributed by atoms with Crippen molar-refractivity contribution in [1.82, 2.24) is 0 Å². The van der Waals surface area contributed by atoms with Gasteiger partial charge in [-0.2, -0.15) is 0 Å². The van der Waals surface area contributed by atoms with E-state index in [1.165, 1.54) is 16.4 Å². The molecule has 3 aliphatic rings. The normalized spacial score (nSPS) is 17.6. The molecule has 0 saturated heterocycles. The van der Waals surface area contributed by atoms with Crippen LogP contribution in [0.3, 0.4) is 0 Å². The molecule has 3 heterocycles. The lowest BCUT2D eigenvalue weighted by Gasteiger charge is -2.13. The second-order valence-electron chi connectivity index (χ2n) is 10.3. The summed E-state index contributed by atoms with van der Waals surface area (Å²) in [6.45, 7) is 4.15. The molecule has 0 aromatic heterocycles. The van der Waals surface area contributed by atoms with Crippen LogP contribution in [0.1, 0.15) is 11.1 Å². The van der Waals surface area contributed by atoms with Gasteiger partial charge in [-0.15, -0.1) is 0 Å². The van der Waals surface area contributed by atoms with Gasteiger partial charge in [0, 0.05) is 0 Å². The lowest BCUT2D eigenvalue weighted by molar-refractivity contribution is 0.684. The van der Waals surface area contributed by atoms with Gasteiger partial charge in [0.25, 0.3) is 0 Å². The van der Waals surface area contributed by atoms with E-state index in [2.05, 4.69) is 91.0 Å². The average Bonchev–Trinajstić information content (AvgIpc) is 3.47. The molecule has 3 aliphatic heterocycles. The van der Waals surface area contributed by atoms with E-state index < -0.39 is 21.6 Å². The number of fused-ring (bicyclic) bond motifs is 9. The molecule has 0 N–H and O–H groups in total. The highest BCUT2D eigenvalue weighted by molar-refractivity contribution is 7.86. The van der Waals surface area contributed by atoms with Crippen molar-refractivity contribution in [2.75, 3.05) is 0 Å². The van der Waals surface area contributed by atoms with E-state index in [1.54, 1.807) is 0 Å². The maximum absolute atomic E-state index is 13.6. The van der Waals surface area contributed by atoms with Crippen LogP contribution in [0.15, 0.2) is 111 Å². The summed E-state index contributed by atoms with van der Waals surface area (Å²) in [4.78, 5) is 3.55. The van der Waals surface area contributed by atoms with Crippen molar-refractivity contribution in [2.45, 2.75) is 33.4 Å². The number of aryl methyl sites for hydroxylation is 2. The molecule has 0 radical (unpaired) electrons. The third-order valence-electron chi connectivity index (χ3n) is 8.00. The van der Waals surface area contributed by atoms with Crippen LogP contribution in [0.2, 0.25) is 0 Å². The molecule has 2 nitrogen and oxygen atoms in total. The summed E-state index contributed by atoms with van der Waals surface area (Å²) in [5.41, 5.74) is 12.4. The first-order valence-electron chi connectivity index (χ1n) is 12.5. The maximum Gasteiger partial charge on any atom is 0.242 e. The van der Waals surface area contributed by atoms with Gasteiger partial charge in [-0.1, -0.05) is 83.1 Å². The van der Waals surface area contributed by atoms with E-state index in [4.69, 9.17) is 0 Å². The Morgan fingerprint density at radius 1 is 0.486 bits per heavy atom. The van der Waals surface area contributed by atoms with Crippen LogP contribution in [-0.4, -0.2) is 15.1 Å². The number of rotatable bonds is 1. The molecule has 2 atom stereocenters. The highest BCUT2D eigenvalue weighted by Gasteiger charge is 2.39. The summed E-state index contributed by atoms with van der Waals surface area (Å²) in [7, 11) is -2.42. The van der Waals surface area contributed by atoms with Crippen LogP contribution in [-0.2, 0) is 21.6 Å². The summed E-state index contributed by atoms with van der Waals surface area (Å²) in [5, 5.41) is 0. The first-order chi connectivity index (χ1) is 18.0. The van der Waals surface area contributed by atoms with Crippen molar-refractivity contribution in [3.63, 3.8) is 0 Å². The minimum Gasteiger partial charge on any atom is -0.249 e. The summed E-state index contributed by atoms with van der Waals surface area (Å²) in [5.74, 6) is 0. The van der Waals surface area contributed by atoms with Gasteiger partial charge in [-0.25, -0.2) is 8.42 Å². The minimum absolute atomic E-state index is 0.0627. The topological polar surface area (TPSA) is 34.1 Å². The monoisotopic (exact) mass is 512 g/mol. The van der Waals surface area contributed by atoms with Crippen molar-refractivity contribution in [3.8, 4) is 33.4 Å². The average molecular weight is 512 g/mol. The minimum atomic E-state index is -1.21. The fraction of sp³-hybridized carbons (Fsp3) is 0.0625. The van der Waals surface area contributed by atoms with Gasteiger partial charge in [0.15, 0.2) is 0 Å². The molecule has 8 rings (SSSR count). The van der Waals surface area contributed by atoms with Crippen molar-refractivity contribution in [2.24, 2.45) is 0 Å². The zero-order valence-electron chi connectivity index (χ0n) is 20.4. The van der Waals surface area contributed by atoms with E-state index in [1.807, 2.05) is 13.8 Å². The van der Waals surface area contributed by atoms with Crippen molar-refractivity contribution in [3.05, 3.63) is 102 Å². The lowest BCUT2D eigenvalue weighted by atomic mass is 9.39. The maximum atomic E-state index is 13.6. The van der Waals surface area contributed by atoms with Gasteiger partial charge < -0.3 is 0 Å². The molecule has 5 aromatic carbocycles. The molecule has 0 amide bonds. The van der Waals surface area contributed by atoms with Gasteiger partial charge in [-0.3, -0.25) is 0 Å². The first kappa shape index (κ1) is 21.5. The van der Waals surface area contributed by atoms with Crippen LogP contribution in [0.25, 0.3) is 33.4 Å². The summed E-state index contributed by atoms with van der Waals surface area (Å²) < 4.78 is 27.2. The predicted octanol–water partition coefficient (Wildman–Crippen LogP) is 5.09. The second kappa shape index (κ2) is 7.50. The molecule has 0 fully saturated rings. The van der Waals surface area contributed by atoms with E-state index >= 15 is 0 Å². The number of benzene rings is 5. The quantitative estimate of drug-likeness (QED) is 0.287. The van der Waals surface area contributed by atoms with E-state index in [-0.39, 0.29) is 6.71 Å². The third-order valence-corrected chi connectivity index (χ3v) is 11.0. The van der Waals surface area contributed by atoms with E-state index in [0.29, 0.717) is 0 Å². The van der Waals surface area contributed by atoms with E-state index in [0.717, 1.165) is 64.1 Å². The molecule has 37 heavy (non-hydrogen) atoms. The van der Waals surface area contributed by atoms with Gasteiger partial charge >= 0.3 is 0 Å².